The Labute approximate surface area is 140 Å². The zero-order valence-electron chi connectivity index (χ0n) is 12.5. The molecule has 0 saturated carbocycles. The lowest BCUT2D eigenvalue weighted by Crippen LogP contribution is -2.27. The van der Waals surface area contributed by atoms with Gasteiger partial charge in [0, 0.05) is 24.3 Å². The quantitative estimate of drug-likeness (QED) is 0.428. The van der Waals surface area contributed by atoms with E-state index in [0.29, 0.717) is 15.2 Å². The Morgan fingerprint density at radius 3 is 2.76 bits per heavy atom. The summed E-state index contributed by atoms with van der Waals surface area (Å²) in [7, 11) is 1.81. The van der Waals surface area contributed by atoms with Crippen molar-refractivity contribution in [1.29, 1.82) is 0 Å². The van der Waals surface area contributed by atoms with Crippen LogP contribution in [-0.4, -0.2) is 24.4 Å². The first kappa shape index (κ1) is 18.1. The van der Waals surface area contributed by atoms with Crippen LogP contribution in [0.3, 0.4) is 0 Å². The number of hydrogen-bond acceptors (Lipinski definition) is 2. The fraction of sp³-hybridized carbons (Fsp3) is 0.438. The summed E-state index contributed by atoms with van der Waals surface area (Å²) < 4.78 is 0.480. The highest BCUT2D eigenvalue weighted by Crippen LogP contribution is 2.24. The second kappa shape index (κ2) is 9.11. The number of carbonyl (C=O) groups is 1. The molecule has 0 radical (unpaired) electrons. The predicted octanol–water partition coefficient (Wildman–Crippen LogP) is 4.70. The molecule has 0 heterocycles. The molecule has 1 aromatic rings. The molecule has 3 nitrogen and oxygen atoms in total. The first-order valence-electron chi connectivity index (χ1n) is 7.13. The van der Waals surface area contributed by atoms with Crippen LogP contribution in [0.5, 0.6) is 0 Å². The van der Waals surface area contributed by atoms with Crippen molar-refractivity contribution in [2.75, 3.05) is 19.3 Å². The molecule has 0 aliphatic heterocycles. The van der Waals surface area contributed by atoms with Gasteiger partial charge in [0.2, 0.25) is 0 Å². The summed E-state index contributed by atoms with van der Waals surface area (Å²) in [6, 6.07) is 5.20. The summed E-state index contributed by atoms with van der Waals surface area (Å²) in [6.45, 7) is 2.93. The molecule has 0 spiro atoms. The minimum atomic E-state index is -0.0509. The third kappa shape index (κ3) is 6.10. The Balaban J connectivity index is 2.68. The molecule has 2 N–H and O–H groups in total. The van der Waals surface area contributed by atoms with E-state index < -0.39 is 0 Å². The minimum Gasteiger partial charge on any atom is -0.399 e. The van der Waals surface area contributed by atoms with Crippen LogP contribution >= 0.6 is 27.5 Å². The third-order valence-corrected chi connectivity index (χ3v) is 4.11. The second-order valence-corrected chi connectivity index (χ2v) is 6.32. The van der Waals surface area contributed by atoms with Gasteiger partial charge >= 0.3 is 0 Å². The molecule has 0 bridgehead atoms. The van der Waals surface area contributed by atoms with Gasteiger partial charge in [-0.3, -0.25) is 4.79 Å². The first-order valence-corrected chi connectivity index (χ1v) is 8.30. The Kier molecular flexibility index (Phi) is 7.83. The van der Waals surface area contributed by atoms with Crippen LogP contribution in [0, 0.1) is 0 Å². The maximum Gasteiger partial charge on any atom is 0.260 e. The van der Waals surface area contributed by atoms with E-state index in [1.54, 1.807) is 29.2 Å². The van der Waals surface area contributed by atoms with Gasteiger partial charge in [0.25, 0.3) is 5.91 Å². The zero-order chi connectivity index (χ0) is 15.8. The maximum atomic E-state index is 12.2. The van der Waals surface area contributed by atoms with Crippen molar-refractivity contribution in [3.8, 4) is 0 Å². The van der Waals surface area contributed by atoms with Crippen LogP contribution in [0.1, 0.15) is 38.2 Å². The van der Waals surface area contributed by atoms with Crippen molar-refractivity contribution in [2.24, 2.45) is 0 Å². The number of benzene rings is 1. The number of likely N-dealkylation sites (N-methyl/N-ethyl adjacent to an activating group) is 1. The molecular weight excluding hydrogens is 352 g/mol. The van der Waals surface area contributed by atoms with Gasteiger partial charge in [0.15, 0.2) is 0 Å². The molecule has 0 aliphatic rings. The van der Waals surface area contributed by atoms with Gasteiger partial charge in [-0.1, -0.05) is 37.8 Å². The summed E-state index contributed by atoms with van der Waals surface area (Å²) in [5, 5.41) is 0.569. The maximum absolute atomic E-state index is 12.2. The summed E-state index contributed by atoms with van der Waals surface area (Å²) in [5.74, 6) is -0.0509. The van der Waals surface area contributed by atoms with Gasteiger partial charge in [-0.15, -0.1) is 0 Å². The number of nitrogen functional groups attached to an aromatic ring is 1. The number of anilines is 1. The minimum absolute atomic E-state index is 0.0509. The number of nitrogens with two attached hydrogens (primary N) is 1. The predicted molar refractivity (Wildman–Crippen MR) is 94.5 cm³/mol. The number of nitrogens with zero attached hydrogens (tertiary/aromatic N) is 1. The number of carbonyl (C=O) groups excluding carboxylic acids is 1. The average molecular weight is 374 g/mol. The van der Waals surface area contributed by atoms with Crippen molar-refractivity contribution in [3.05, 3.63) is 33.3 Å². The molecule has 0 unspecified atom stereocenters. The highest BCUT2D eigenvalue weighted by molar-refractivity contribution is 9.12. The van der Waals surface area contributed by atoms with E-state index in [1.807, 2.05) is 7.05 Å². The van der Waals surface area contributed by atoms with E-state index in [0.717, 1.165) is 24.9 Å². The van der Waals surface area contributed by atoms with Crippen molar-refractivity contribution >= 4 is 45.2 Å². The number of amides is 1. The molecular formula is C16H22BrClN2O. The van der Waals surface area contributed by atoms with E-state index in [2.05, 4.69) is 22.9 Å². The van der Waals surface area contributed by atoms with Gasteiger partial charge in [0.05, 0.1) is 4.48 Å². The summed E-state index contributed by atoms with van der Waals surface area (Å²) in [6.07, 6.45) is 6.28. The molecule has 0 saturated heterocycles. The van der Waals surface area contributed by atoms with Crippen LogP contribution < -0.4 is 5.73 Å². The fourth-order valence-corrected chi connectivity index (χ4v) is 2.65. The van der Waals surface area contributed by atoms with Crippen LogP contribution in [0.15, 0.2) is 22.7 Å². The highest BCUT2D eigenvalue weighted by Gasteiger charge is 2.12. The van der Waals surface area contributed by atoms with E-state index in [1.165, 1.54) is 12.8 Å². The summed E-state index contributed by atoms with van der Waals surface area (Å²) in [4.78, 5) is 14.0. The van der Waals surface area contributed by atoms with Crippen LogP contribution in [0.2, 0.25) is 5.02 Å². The largest absolute Gasteiger partial charge is 0.399 e. The second-order valence-electron chi connectivity index (χ2n) is 5.06. The molecule has 0 aromatic heterocycles. The lowest BCUT2D eigenvalue weighted by Gasteiger charge is -2.16. The van der Waals surface area contributed by atoms with E-state index in [4.69, 9.17) is 17.3 Å². The van der Waals surface area contributed by atoms with E-state index in [9.17, 15) is 4.79 Å². The first-order chi connectivity index (χ1) is 9.95. The summed E-state index contributed by atoms with van der Waals surface area (Å²) >= 11 is 9.43. The molecule has 5 heteroatoms. The van der Waals surface area contributed by atoms with Gasteiger partial charge in [-0.25, -0.2) is 0 Å². The van der Waals surface area contributed by atoms with Gasteiger partial charge in [0.1, 0.15) is 0 Å². The van der Waals surface area contributed by atoms with E-state index in [-0.39, 0.29) is 5.91 Å². The van der Waals surface area contributed by atoms with E-state index >= 15 is 0 Å². The summed E-state index contributed by atoms with van der Waals surface area (Å²) in [5.41, 5.74) is 7.08. The Bertz CT molecular complexity index is 517. The highest BCUT2D eigenvalue weighted by atomic mass is 79.9. The standard InChI is InChI=1S/C16H22BrClN2O/c1-3-4-5-6-9-20(2)16(21)14(17)11-12-10-13(19)7-8-15(12)18/h7-8,10-11H,3-6,9,19H2,1-2H3. The average Bonchev–Trinajstić information content (AvgIpc) is 2.46. The van der Waals surface area contributed by atoms with Crippen molar-refractivity contribution in [3.63, 3.8) is 0 Å². The molecule has 1 rings (SSSR count). The smallest absolute Gasteiger partial charge is 0.260 e. The number of halogens is 2. The zero-order valence-corrected chi connectivity index (χ0v) is 14.9. The van der Waals surface area contributed by atoms with Gasteiger partial charge in [-0.2, -0.15) is 0 Å². The monoisotopic (exact) mass is 372 g/mol. The molecule has 1 aromatic carbocycles. The van der Waals surface area contributed by atoms with Gasteiger partial charge in [-0.05, 0) is 52.2 Å². The van der Waals surface area contributed by atoms with Crippen molar-refractivity contribution in [1.82, 2.24) is 4.90 Å². The molecule has 0 aliphatic carbocycles. The topological polar surface area (TPSA) is 46.3 Å². The fourth-order valence-electron chi connectivity index (χ4n) is 1.93. The molecule has 0 fully saturated rings. The Morgan fingerprint density at radius 1 is 1.38 bits per heavy atom. The molecule has 0 atom stereocenters. The van der Waals surface area contributed by atoms with Crippen molar-refractivity contribution in [2.45, 2.75) is 32.6 Å². The van der Waals surface area contributed by atoms with Crippen molar-refractivity contribution < 1.29 is 4.79 Å². The van der Waals surface area contributed by atoms with Crippen LogP contribution in [0.25, 0.3) is 6.08 Å². The normalized spacial score (nSPS) is 11.5. The Hall–Kier alpha value is -1.00. The number of hydrogen-bond donors (Lipinski definition) is 1. The van der Waals surface area contributed by atoms with Gasteiger partial charge < -0.3 is 10.6 Å². The number of unbranched alkanes of at least 4 members (excludes halogenated alkanes) is 3. The molecule has 21 heavy (non-hydrogen) atoms. The lowest BCUT2D eigenvalue weighted by atomic mass is 10.2. The molecule has 116 valence electrons. The van der Waals surface area contributed by atoms with Crippen LogP contribution in [-0.2, 0) is 4.79 Å². The Morgan fingerprint density at radius 2 is 2.10 bits per heavy atom. The van der Waals surface area contributed by atoms with Crippen LogP contribution in [0.4, 0.5) is 5.69 Å². The third-order valence-electron chi connectivity index (χ3n) is 3.20. The number of rotatable bonds is 7. The lowest BCUT2D eigenvalue weighted by molar-refractivity contribution is -0.125. The SMILES string of the molecule is CCCCCCN(C)C(=O)C(Br)=Cc1cc(N)ccc1Cl. The molecule has 1 amide bonds.